The van der Waals surface area contributed by atoms with Crippen molar-refractivity contribution < 1.29 is 14.2 Å². The Balaban J connectivity index is 0.00000320. The van der Waals surface area contributed by atoms with Crippen LogP contribution in [0.25, 0.3) is 0 Å². The summed E-state index contributed by atoms with van der Waals surface area (Å²) in [6.45, 7) is 1.13. The lowest BCUT2D eigenvalue weighted by Gasteiger charge is -2.20. The lowest BCUT2D eigenvalue weighted by atomic mass is 10.1. The van der Waals surface area contributed by atoms with Crippen LogP contribution in [0.3, 0.4) is 0 Å². The van der Waals surface area contributed by atoms with Crippen LogP contribution in [-0.4, -0.2) is 38.3 Å². The van der Waals surface area contributed by atoms with E-state index in [1.54, 1.807) is 27.5 Å². The summed E-state index contributed by atoms with van der Waals surface area (Å²) in [5, 5.41) is 6.65. The number of halogens is 1. The van der Waals surface area contributed by atoms with Gasteiger partial charge in [-0.15, -0.1) is 24.0 Å². The fraction of sp³-hybridized carbons (Fsp3) is 0.455. The molecule has 1 fully saturated rings. The highest BCUT2D eigenvalue weighted by atomic mass is 127. The normalized spacial score (nSPS) is 14.0. The summed E-state index contributed by atoms with van der Waals surface area (Å²) in [6, 6.07) is 9.83. The average molecular weight is 526 g/mol. The average Bonchev–Trinajstić information content (AvgIpc) is 3.28. The fourth-order valence-electron chi connectivity index (χ4n) is 3.49. The number of rotatable bonds is 8. The fourth-order valence-corrected chi connectivity index (χ4v) is 3.49. The molecule has 1 saturated carbocycles. The molecule has 0 amide bonds. The molecule has 30 heavy (non-hydrogen) atoms. The van der Waals surface area contributed by atoms with Gasteiger partial charge in [-0.05, 0) is 37.8 Å². The molecule has 7 nitrogen and oxygen atoms in total. The van der Waals surface area contributed by atoms with E-state index in [2.05, 4.69) is 26.7 Å². The maximum Gasteiger partial charge on any atom is 0.218 e. The van der Waals surface area contributed by atoms with Crippen molar-refractivity contribution in [1.82, 2.24) is 15.6 Å². The van der Waals surface area contributed by atoms with Gasteiger partial charge in [0.1, 0.15) is 0 Å². The van der Waals surface area contributed by atoms with E-state index >= 15 is 0 Å². The highest BCUT2D eigenvalue weighted by Gasteiger charge is 2.20. The van der Waals surface area contributed by atoms with Crippen molar-refractivity contribution in [3.05, 3.63) is 47.7 Å². The van der Waals surface area contributed by atoms with Gasteiger partial charge in [0, 0.05) is 37.5 Å². The molecular formula is C22H31IN4O3. The maximum absolute atomic E-state index is 6.30. The Morgan fingerprint density at radius 2 is 1.73 bits per heavy atom. The van der Waals surface area contributed by atoms with Crippen LogP contribution in [0, 0.1) is 0 Å². The Kier molecular flexibility index (Phi) is 9.99. The van der Waals surface area contributed by atoms with Crippen molar-refractivity contribution in [2.45, 2.75) is 44.9 Å². The zero-order chi connectivity index (χ0) is 20.5. The monoisotopic (exact) mass is 526 g/mol. The summed E-state index contributed by atoms with van der Waals surface area (Å²) < 4.78 is 17.1. The quantitative estimate of drug-likeness (QED) is 0.309. The van der Waals surface area contributed by atoms with Crippen molar-refractivity contribution in [3.63, 3.8) is 0 Å². The molecule has 1 aliphatic rings. The molecule has 1 aromatic carbocycles. The summed E-state index contributed by atoms with van der Waals surface area (Å²) in [4.78, 5) is 8.53. The molecule has 0 saturated heterocycles. The molecule has 1 aliphatic carbocycles. The molecule has 3 rings (SSSR count). The van der Waals surface area contributed by atoms with Gasteiger partial charge in [-0.3, -0.25) is 4.99 Å². The van der Waals surface area contributed by atoms with Gasteiger partial charge in [0.15, 0.2) is 17.5 Å². The largest absolute Gasteiger partial charge is 0.493 e. The Morgan fingerprint density at radius 3 is 2.40 bits per heavy atom. The second-order valence-electron chi connectivity index (χ2n) is 6.92. The number of pyridine rings is 1. The molecule has 0 spiro atoms. The van der Waals surface area contributed by atoms with E-state index in [1.165, 1.54) is 12.8 Å². The SMILES string of the molecule is CN=C(NCc1cccnc1OC)NCc1cccc(OC)c1OC1CCCC1.I. The number of para-hydroxylation sites is 1. The first kappa shape index (κ1) is 24.0. The molecule has 2 aromatic rings. The molecule has 0 aliphatic heterocycles. The van der Waals surface area contributed by atoms with Crippen molar-refractivity contribution in [3.8, 4) is 17.4 Å². The van der Waals surface area contributed by atoms with Gasteiger partial charge in [0.05, 0.1) is 20.3 Å². The number of benzene rings is 1. The molecule has 0 atom stereocenters. The van der Waals surface area contributed by atoms with Crippen LogP contribution < -0.4 is 24.8 Å². The van der Waals surface area contributed by atoms with E-state index in [0.717, 1.165) is 35.5 Å². The van der Waals surface area contributed by atoms with Gasteiger partial charge in [-0.2, -0.15) is 0 Å². The summed E-state index contributed by atoms with van der Waals surface area (Å²) in [7, 11) is 5.04. The number of ether oxygens (including phenoxy) is 3. The molecular weight excluding hydrogens is 495 g/mol. The predicted octanol–water partition coefficient (Wildman–Crippen LogP) is 3.90. The number of hydrogen-bond donors (Lipinski definition) is 2. The Bertz CT molecular complexity index is 826. The highest BCUT2D eigenvalue weighted by Crippen LogP contribution is 2.34. The molecule has 1 heterocycles. The lowest BCUT2D eigenvalue weighted by molar-refractivity contribution is 0.198. The van der Waals surface area contributed by atoms with Gasteiger partial charge in [-0.25, -0.2) is 4.98 Å². The zero-order valence-corrected chi connectivity index (χ0v) is 20.1. The Labute approximate surface area is 195 Å². The first-order valence-corrected chi connectivity index (χ1v) is 10.00. The van der Waals surface area contributed by atoms with Gasteiger partial charge in [0.25, 0.3) is 0 Å². The predicted molar refractivity (Wildman–Crippen MR) is 129 cm³/mol. The number of methoxy groups -OCH3 is 2. The van der Waals surface area contributed by atoms with E-state index in [9.17, 15) is 0 Å². The van der Waals surface area contributed by atoms with Crippen LogP contribution >= 0.6 is 24.0 Å². The Hall–Kier alpha value is -2.23. The molecule has 8 heteroatoms. The topological polar surface area (TPSA) is 77.0 Å². The zero-order valence-electron chi connectivity index (χ0n) is 17.8. The first-order chi connectivity index (χ1) is 14.2. The minimum absolute atomic E-state index is 0. The smallest absolute Gasteiger partial charge is 0.218 e. The number of nitrogens with one attached hydrogen (secondary N) is 2. The summed E-state index contributed by atoms with van der Waals surface area (Å²) in [6.07, 6.45) is 6.62. The Morgan fingerprint density at radius 1 is 1.03 bits per heavy atom. The van der Waals surface area contributed by atoms with Crippen LogP contribution in [-0.2, 0) is 13.1 Å². The standard InChI is InChI=1S/C22H30N4O3.HI/c1-23-22(26-15-17-9-7-13-24-21(17)28-3)25-14-16-8-6-12-19(27-2)20(16)29-18-10-4-5-11-18;/h6-9,12-13,18H,4-5,10-11,14-15H2,1-3H3,(H2,23,25,26);1H. The number of aliphatic imine (C=N–C) groups is 1. The van der Waals surface area contributed by atoms with Crippen LogP contribution in [0.5, 0.6) is 17.4 Å². The minimum Gasteiger partial charge on any atom is -0.493 e. The second-order valence-corrected chi connectivity index (χ2v) is 6.92. The van der Waals surface area contributed by atoms with Crippen molar-refractivity contribution >= 4 is 29.9 Å². The van der Waals surface area contributed by atoms with Crippen LogP contribution in [0.1, 0.15) is 36.8 Å². The van der Waals surface area contributed by atoms with E-state index in [0.29, 0.717) is 24.9 Å². The maximum atomic E-state index is 6.30. The number of nitrogens with zero attached hydrogens (tertiary/aromatic N) is 2. The third-order valence-electron chi connectivity index (χ3n) is 5.03. The molecule has 164 valence electrons. The first-order valence-electron chi connectivity index (χ1n) is 10.00. The number of guanidine groups is 1. The third kappa shape index (κ3) is 6.38. The van der Waals surface area contributed by atoms with Gasteiger partial charge < -0.3 is 24.8 Å². The van der Waals surface area contributed by atoms with Crippen LogP contribution in [0.4, 0.5) is 0 Å². The van der Waals surface area contributed by atoms with E-state index in [1.807, 2.05) is 24.3 Å². The molecule has 0 radical (unpaired) electrons. The molecule has 2 N–H and O–H groups in total. The number of hydrogen-bond acceptors (Lipinski definition) is 5. The van der Waals surface area contributed by atoms with Gasteiger partial charge in [-0.1, -0.05) is 18.2 Å². The van der Waals surface area contributed by atoms with Crippen LogP contribution in [0.2, 0.25) is 0 Å². The highest BCUT2D eigenvalue weighted by molar-refractivity contribution is 14.0. The van der Waals surface area contributed by atoms with Crippen LogP contribution in [0.15, 0.2) is 41.5 Å². The summed E-state index contributed by atoms with van der Waals surface area (Å²) in [5.74, 6) is 2.87. The molecule has 0 unspecified atom stereocenters. The van der Waals surface area contributed by atoms with E-state index < -0.39 is 0 Å². The minimum atomic E-state index is 0. The molecule has 1 aromatic heterocycles. The van der Waals surface area contributed by atoms with Gasteiger partial charge >= 0.3 is 0 Å². The second kappa shape index (κ2) is 12.5. The molecule has 0 bridgehead atoms. The summed E-state index contributed by atoms with van der Waals surface area (Å²) >= 11 is 0. The number of aromatic nitrogens is 1. The van der Waals surface area contributed by atoms with Crippen molar-refractivity contribution in [2.24, 2.45) is 4.99 Å². The van der Waals surface area contributed by atoms with Gasteiger partial charge in [0.2, 0.25) is 5.88 Å². The van der Waals surface area contributed by atoms with E-state index in [-0.39, 0.29) is 30.1 Å². The van der Waals surface area contributed by atoms with Crippen molar-refractivity contribution in [2.75, 3.05) is 21.3 Å². The third-order valence-corrected chi connectivity index (χ3v) is 5.03. The van der Waals surface area contributed by atoms with E-state index in [4.69, 9.17) is 14.2 Å². The summed E-state index contributed by atoms with van der Waals surface area (Å²) in [5.41, 5.74) is 2.00. The lowest BCUT2D eigenvalue weighted by Crippen LogP contribution is -2.36. The van der Waals surface area contributed by atoms with Crippen molar-refractivity contribution in [1.29, 1.82) is 0 Å².